The molecule has 8 heteroatoms. The fourth-order valence-electron chi connectivity index (χ4n) is 1.45. The number of rotatable bonds is 1. The Morgan fingerprint density at radius 2 is 1.79 bits per heavy atom. The van der Waals surface area contributed by atoms with E-state index in [4.69, 9.17) is 0 Å². The van der Waals surface area contributed by atoms with Gasteiger partial charge < -0.3 is 4.98 Å². The van der Waals surface area contributed by atoms with Crippen LogP contribution in [0.5, 0.6) is 0 Å². The number of aromatic nitrogens is 2. The highest BCUT2D eigenvalue weighted by Gasteiger charge is 2.32. The molecule has 0 unspecified atom stereocenters. The second-order valence-electron chi connectivity index (χ2n) is 3.61. The number of H-pyrrole nitrogens is 1. The fourth-order valence-corrected chi connectivity index (χ4v) is 1.65. The maximum atomic E-state index is 13.5. The van der Waals surface area contributed by atoms with Crippen molar-refractivity contribution in [3.8, 4) is 11.3 Å². The lowest BCUT2D eigenvalue weighted by molar-refractivity contribution is -0.141. The van der Waals surface area contributed by atoms with Gasteiger partial charge in [0, 0.05) is 11.6 Å². The Bertz CT molecular complexity index is 678. The Balaban J connectivity index is 2.63. The Morgan fingerprint density at radius 3 is 2.37 bits per heavy atom. The summed E-state index contributed by atoms with van der Waals surface area (Å²) in [5, 5.41) is 0. The zero-order valence-corrected chi connectivity index (χ0v) is 9.87. The number of aromatic amines is 1. The molecular formula is C11H5F5N2S. The molecule has 0 saturated carbocycles. The molecule has 0 spiro atoms. The van der Waals surface area contributed by atoms with Gasteiger partial charge in [-0.3, -0.25) is 0 Å². The van der Waals surface area contributed by atoms with Gasteiger partial charge in [-0.2, -0.15) is 13.2 Å². The van der Waals surface area contributed by atoms with Gasteiger partial charge in [-0.05, 0) is 30.4 Å². The highest BCUT2D eigenvalue weighted by Crippen LogP contribution is 2.30. The number of nitrogens with zero attached hydrogens (tertiary/aromatic N) is 1. The largest absolute Gasteiger partial charge is 0.431 e. The van der Waals surface area contributed by atoms with Crippen molar-refractivity contribution < 1.29 is 22.0 Å². The third-order valence-corrected chi connectivity index (χ3v) is 2.45. The highest BCUT2D eigenvalue weighted by molar-refractivity contribution is 7.71. The first kappa shape index (κ1) is 13.6. The van der Waals surface area contributed by atoms with Crippen molar-refractivity contribution >= 4 is 12.2 Å². The monoisotopic (exact) mass is 292 g/mol. The summed E-state index contributed by atoms with van der Waals surface area (Å²) in [5.41, 5.74) is -1.72. The lowest BCUT2D eigenvalue weighted by Gasteiger charge is -2.09. The van der Waals surface area contributed by atoms with E-state index in [2.05, 4.69) is 17.2 Å². The minimum Gasteiger partial charge on any atom is -0.327 e. The fraction of sp³-hybridized carbons (Fsp3) is 0.0909. The van der Waals surface area contributed by atoms with Crippen molar-refractivity contribution in [3.63, 3.8) is 0 Å². The summed E-state index contributed by atoms with van der Waals surface area (Å²) in [6.07, 6.45) is -4.66. The van der Waals surface area contributed by atoms with Crippen molar-refractivity contribution in [2.24, 2.45) is 0 Å². The van der Waals surface area contributed by atoms with E-state index < -0.39 is 28.3 Å². The maximum Gasteiger partial charge on any atom is 0.431 e. The number of hydrogen-bond acceptors (Lipinski definition) is 2. The van der Waals surface area contributed by atoms with Crippen molar-refractivity contribution in [1.29, 1.82) is 0 Å². The smallest absolute Gasteiger partial charge is 0.327 e. The van der Waals surface area contributed by atoms with Gasteiger partial charge in [-0.15, -0.1) is 0 Å². The Morgan fingerprint density at radius 1 is 1.11 bits per heavy atom. The third kappa shape index (κ3) is 2.95. The summed E-state index contributed by atoms with van der Waals surface area (Å²) < 4.78 is 63.5. The predicted octanol–water partition coefficient (Wildman–Crippen LogP) is 4.10. The molecule has 0 atom stereocenters. The summed E-state index contributed by atoms with van der Waals surface area (Å²) in [4.78, 5) is 5.48. The molecule has 0 fully saturated rings. The van der Waals surface area contributed by atoms with Crippen LogP contribution in [0.3, 0.4) is 0 Å². The van der Waals surface area contributed by atoms with Gasteiger partial charge in [0.2, 0.25) is 0 Å². The van der Waals surface area contributed by atoms with Gasteiger partial charge in [0.25, 0.3) is 0 Å². The Hall–Kier alpha value is -1.83. The lowest BCUT2D eigenvalue weighted by Crippen LogP contribution is -2.09. The standard InChI is InChI=1S/C11H5F5N2S/c12-5-1-2-6(7(13)3-5)8-4-9(11(14,15)16)18-10(19)17-8/h1-4H,(H,17,18,19). The van der Waals surface area contributed by atoms with Crippen LogP contribution in [-0.4, -0.2) is 9.97 Å². The van der Waals surface area contributed by atoms with Gasteiger partial charge in [0.1, 0.15) is 17.3 Å². The molecule has 1 aromatic carbocycles. The van der Waals surface area contributed by atoms with Crippen LogP contribution in [-0.2, 0) is 6.18 Å². The first-order chi connectivity index (χ1) is 8.77. The molecule has 0 amide bonds. The van der Waals surface area contributed by atoms with E-state index in [1.807, 2.05) is 4.98 Å². The molecule has 2 rings (SSSR count). The van der Waals surface area contributed by atoms with E-state index in [1.54, 1.807) is 0 Å². The zero-order valence-electron chi connectivity index (χ0n) is 9.05. The molecule has 19 heavy (non-hydrogen) atoms. The van der Waals surface area contributed by atoms with E-state index >= 15 is 0 Å². The van der Waals surface area contributed by atoms with Gasteiger partial charge >= 0.3 is 6.18 Å². The predicted molar refractivity (Wildman–Crippen MR) is 59.8 cm³/mol. The molecule has 1 aromatic heterocycles. The quantitative estimate of drug-likeness (QED) is 0.633. The molecule has 0 radical (unpaired) electrons. The number of benzene rings is 1. The van der Waals surface area contributed by atoms with Crippen LogP contribution < -0.4 is 0 Å². The van der Waals surface area contributed by atoms with Gasteiger partial charge in [-0.25, -0.2) is 13.8 Å². The van der Waals surface area contributed by atoms with Gasteiger partial charge in [-0.1, -0.05) is 0 Å². The van der Waals surface area contributed by atoms with E-state index in [0.717, 1.165) is 12.1 Å². The molecule has 1 heterocycles. The van der Waals surface area contributed by atoms with Crippen LogP contribution in [0.25, 0.3) is 11.3 Å². The summed E-state index contributed by atoms with van der Waals surface area (Å²) >= 11 is 4.56. The first-order valence-corrected chi connectivity index (χ1v) is 5.32. The average molecular weight is 292 g/mol. The Labute approximate surface area is 108 Å². The first-order valence-electron chi connectivity index (χ1n) is 4.91. The van der Waals surface area contributed by atoms with Crippen LogP contribution in [0.15, 0.2) is 24.3 Å². The second-order valence-corrected chi connectivity index (χ2v) is 3.99. The minimum absolute atomic E-state index is 0.257. The lowest BCUT2D eigenvalue weighted by atomic mass is 10.1. The topological polar surface area (TPSA) is 28.7 Å². The van der Waals surface area contributed by atoms with E-state index in [9.17, 15) is 22.0 Å². The summed E-state index contributed by atoms with van der Waals surface area (Å²) in [7, 11) is 0. The van der Waals surface area contributed by atoms with Crippen LogP contribution in [0.4, 0.5) is 22.0 Å². The van der Waals surface area contributed by atoms with Crippen molar-refractivity contribution in [2.75, 3.05) is 0 Å². The molecule has 0 aliphatic heterocycles. The molecular weight excluding hydrogens is 287 g/mol. The van der Waals surface area contributed by atoms with Gasteiger partial charge in [0.15, 0.2) is 4.77 Å². The van der Waals surface area contributed by atoms with Gasteiger partial charge in [0.05, 0.1) is 5.69 Å². The van der Waals surface area contributed by atoms with E-state index in [0.29, 0.717) is 12.1 Å². The SMILES string of the molecule is Fc1ccc(-c2cc(C(F)(F)F)[nH]c(=S)n2)c(F)c1. The maximum absolute atomic E-state index is 13.5. The molecule has 1 N–H and O–H groups in total. The highest BCUT2D eigenvalue weighted by atomic mass is 32.1. The molecule has 2 aromatic rings. The number of nitrogens with one attached hydrogen (secondary N) is 1. The summed E-state index contributed by atoms with van der Waals surface area (Å²) in [6, 6.07) is 3.10. The van der Waals surface area contributed by atoms with E-state index in [1.165, 1.54) is 0 Å². The molecule has 2 nitrogen and oxygen atoms in total. The van der Waals surface area contributed by atoms with Crippen molar-refractivity contribution in [3.05, 3.63) is 46.4 Å². The number of hydrogen-bond donors (Lipinski definition) is 1. The average Bonchev–Trinajstić information content (AvgIpc) is 2.26. The Kier molecular flexibility index (Phi) is 3.36. The zero-order chi connectivity index (χ0) is 14.2. The molecule has 0 bridgehead atoms. The molecule has 0 saturated heterocycles. The number of halogens is 5. The van der Waals surface area contributed by atoms with Crippen LogP contribution >= 0.6 is 12.2 Å². The van der Waals surface area contributed by atoms with Crippen LogP contribution in [0.2, 0.25) is 0 Å². The third-order valence-electron chi connectivity index (χ3n) is 2.26. The van der Waals surface area contributed by atoms with Crippen LogP contribution in [0, 0.1) is 16.4 Å². The van der Waals surface area contributed by atoms with Crippen molar-refractivity contribution in [1.82, 2.24) is 9.97 Å². The summed E-state index contributed by atoms with van der Waals surface area (Å²) in [6.45, 7) is 0. The molecule has 0 aliphatic rings. The van der Waals surface area contributed by atoms with E-state index in [-0.39, 0.29) is 11.3 Å². The molecule has 0 aliphatic carbocycles. The van der Waals surface area contributed by atoms with Crippen molar-refractivity contribution in [2.45, 2.75) is 6.18 Å². The van der Waals surface area contributed by atoms with Crippen LogP contribution in [0.1, 0.15) is 5.69 Å². The number of alkyl halides is 3. The molecule has 100 valence electrons. The normalized spacial score (nSPS) is 11.6. The second kappa shape index (κ2) is 4.69. The minimum atomic E-state index is -4.66. The summed E-state index contributed by atoms with van der Waals surface area (Å²) in [5.74, 6) is -1.85.